The van der Waals surface area contributed by atoms with Gasteiger partial charge in [-0.2, -0.15) is 0 Å². The number of anilines is 1. The first kappa shape index (κ1) is 17.4. The van der Waals surface area contributed by atoms with Crippen LogP contribution < -0.4 is 10.1 Å². The van der Waals surface area contributed by atoms with E-state index in [1.165, 1.54) is 12.1 Å². The number of nitrogens with one attached hydrogen (secondary N) is 1. The summed E-state index contributed by atoms with van der Waals surface area (Å²) in [6.45, 7) is 0.328. The Labute approximate surface area is 159 Å². The van der Waals surface area contributed by atoms with Crippen LogP contribution in [0.1, 0.15) is 15.9 Å². The minimum Gasteiger partial charge on any atom is -0.489 e. The van der Waals surface area contributed by atoms with Crippen molar-refractivity contribution in [2.24, 2.45) is 0 Å². The van der Waals surface area contributed by atoms with Crippen LogP contribution in [0.4, 0.5) is 10.1 Å². The maximum Gasteiger partial charge on any atom is 0.256 e. The van der Waals surface area contributed by atoms with Crippen molar-refractivity contribution < 1.29 is 13.9 Å². The lowest BCUT2D eigenvalue weighted by Gasteiger charge is -2.10. The molecule has 1 amide bonds. The van der Waals surface area contributed by atoms with Gasteiger partial charge in [0.05, 0.1) is 5.56 Å². The molecule has 0 aliphatic heterocycles. The van der Waals surface area contributed by atoms with E-state index in [-0.39, 0.29) is 11.7 Å². The predicted octanol–water partition coefficient (Wildman–Crippen LogP) is 5.26. The highest BCUT2D eigenvalue weighted by Crippen LogP contribution is 2.20. The van der Waals surface area contributed by atoms with Gasteiger partial charge in [0.15, 0.2) is 0 Å². The number of hydrogen-bond donors (Lipinski definition) is 1. The summed E-state index contributed by atoms with van der Waals surface area (Å²) < 4.78 is 19.5. The maximum atomic E-state index is 12.9. The van der Waals surface area contributed by atoms with E-state index in [0.29, 0.717) is 23.6 Å². The fourth-order valence-electron chi connectivity index (χ4n) is 2.25. The number of halogens is 2. The zero-order chi connectivity index (χ0) is 17.6. The van der Waals surface area contributed by atoms with E-state index < -0.39 is 0 Å². The fourth-order valence-corrected chi connectivity index (χ4v) is 2.89. The first-order chi connectivity index (χ1) is 12.1. The van der Waals surface area contributed by atoms with Crippen LogP contribution in [-0.2, 0) is 6.61 Å². The first-order valence-corrected chi connectivity index (χ1v) is 8.73. The molecule has 3 rings (SSSR count). The van der Waals surface area contributed by atoms with Crippen molar-refractivity contribution in [3.63, 3.8) is 0 Å². The molecule has 5 heteroatoms. The molecule has 0 aliphatic rings. The highest BCUT2D eigenvalue weighted by atomic mass is 127. The molecule has 0 heterocycles. The number of rotatable bonds is 5. The third-order valence-corrected chi connectivity index (χ3v) is 4.47. The van der Waals surface area contributed by atoms with Crippen molar-refractivity contribution in [1.29, 1.82) is 0 Å². The Morgan fingerprint density at radius 1 is 1.00 bits per heavy atom. The lowest BCUT2D eigenvalue weighted by atomic mass is 10.2. The van der Waals surface area contributed by atoms with E-state index in [9.17, 15) is 9.18 Å². The maximum absolute atomic E-state index is 12.9. The quantitative estimate of drug-likeness (QED) is 0.542. The second-order valence-corrected chi connectivity index (χ2v) is 6.54. The van der Waals surface area contributed by atoms with Gasteiger partial charge in [0.2, 0.25) is 0 Å². The molecule has 0 bridgehead atoms. The van der Waals surface area contributed by atoms with E-state index in [1.807, 2.05) is 30.3 Å². The zero-order valence-corrected chi connectivity index (χ0v) is 15.4. The lowest BCUT2D eigenvalue weighted by Crippen LogP contribution is -2.13. The SMILES string of the molecule is O=C(Nc1cccc(OCc2ccc(F)cc2)c1)c1ccccc1I. The second kappa shape index (κ2) is 8.11. The Balaban J connectivity index is 1.66. The zero-order valence-electron chi connectivity index (χ0n) is 13.2. The van der Waals surface area contributed by atoms with Crippen molar-refractivity contribution in [3.8, 4) is 5.75 Å². The van der Waals surface area contributed by atoms with Gasteiger partial charge in [-0.1, -0.05) is 30.3 Å². The van der Waals surface area contributed by atoms with Gasteiger partial charge in [-0.3, -0.25) is 4.79 Å². The molecular weight excluding hydrogens is 432 g/mol. The monoisotopic (exact) mass is 447 g/mol. The summed E-state index contributed by atoms with van der Waals surface area (Å²) in [6.07, 6.45) is 0. The summed E-state index contributed by atoms with van der Waals surface area (Å²) >= 11 is 2.13. The van der Waals surface area contributed by atoms with Crippen LogP contribution in [0.3, 0.4) is 0 Å². The molecule has 3 nitrogen and oxygen atoms in total. The standard InChI is InChI=1S/C20H15FINO2/c21-15-10-8-14(9-11-15)13-25-17-5-3-4-16(12-17)23-20(24)18-6-1-2-7-19(18)22/h1-12H,13H2,(H,23,24). The van der Waals surface area contributed by atoms with Gasteiger partial charge in [0.25, 0.3) is 5.91 Å². The molecule has 3 aromatic rings. The highest BCUT2D eigenvalue weighted by Gasteiger charge is 2.09. The normalized spacial score (nSPS) is 10.3. The number of carbonyl (C=O) groups is 1. The predicted molar refractivity (Wildman–Crippen MR) is 104 cm³/mol. The Morgan fingerprint density at radius 2 is 1.76 bits per heavy atom. The van der Waals surface area contributed by atoms with Gasteiger partial charge in [-0.05, 0) is 64.6 Å². The number of carbonyl (C=O) groups excluding carboxylic acids is 1. The van der Waals surface area contributed by atoms with Gasteiger partial charge in [0, 0.05) is 15.3 Å². The minimum absolute atomic E-state index is 0.166. The summed E-state index contributed by atoms with van der Waals surface area (Å²) in [6, 6.07) is 20.7. The van der Waals surface area contributed by atoms with E-state index >= 15 is 0 Å². The molecule has 0 radical (unpaired) electrons. The van der Waals surface area contributed by atoms with Crippen molar-refractivity contribution in [2.45, 2.75) is 6.61 Å². The molecule has 1 N–H and O–H groups in total. The van der Waals surface area contributed by atoms with Crippen LogP contribution >= 0.6 is 22.6 Å². The molecular formula is C20H15FINO2. The Bertz CT molecular complexity index is 881. The third-order valence-electron chi connectivity index (χ3n) is 3.53. The Hall–Kier alpha value is -2.41. The summed E-state index contributed by atoms with van der Waals surface area (Å²) in [5.74, 6) is 0.189. The van der Waals surface area contributed by atoms with Gasteiger partial charge >= 0.3 is 0 Å². The second-order valence-electron chi connectivity index (χ2n) is 5.38. The molecule has 0 saturated heterocycles. The Kier molecular flexibility index (Phi) is 5.65. The van der Waals surface area contributed by atoms with Crippen molar-refractivity contribution in [1.82, 2.24) is 0 Å². The van der Waals surface area contributed by atoms with Crippen molar-refractivity contribution >= 4 is 34.2 Å². The van der Waals surface area contributed by atoms with Gasteiger partial charge in [-0.25, -0.2) is 4.39 Å². The van der Waals surface area contributed by atoms with Crippen molar-refractivity contribution in [3.05, 3.63) is 93.3 Å². The molecule has 25 heavy (non-hydrogen) atoms. The summed E-state index contributed by atoms with van der Waals surface area (Å²) in [4.78, 5) is 12.4. The smallest absolute Gasteiger partial charge is 0.256 e. The molecule has 0 atom stereocenters. The largest absolute Gasteiger partial charge is 0.489 e. The van der Waals surface area contributed by atoms with Crippen LogP contribution in [-0.4, -0.2) is 5.91 Å². The van der Waals surface area contributed by atoms with Gasteiger partial charge in [0.1, 0.15) is 18.2 Å². The van der Waals surface area contributed by atoms with E-state index in [1.54, 1.807) is 30.3 Å². The molecule has 0 aromatic heterocycles. The van der Waals surface area contributed by atoms with E-state index in [2.05, 4.69) is 27.9 Å². The molecule has 0 aliphatic carbocycles. The van der Waals surface area contributed by atoms with Crippen LogP contribution in [0.15, 0.2) is 72.8 Å². The summed E-state index contributed by atoms with van der Waals surface area (Å²) in [5.41, 5.74) is 2.15. The number of ether oxygens (including phenoxy) is 1. The molecule has 0 fully saturated rings. The molecule has 0 unspecified atom stereocenters. The first-order valence-electron chi connectivity index (χ1n) is 7.65. The molecule has 126 valence electrons. The fraction of sp³-hybridized carbons (Fsp3) is 0.0500. The summed E-state index contributed by atoms with van der Waals surface area (Å²) in [7, 11) is 0. The molecule has 3 aromatic carbocycles. The average molecular weight is 447 g/mol. The van der Waals surface area contributed by atoms with Crippen LogP contribution in [0.5, 0.6) is 5.75 Å². The van der Waals surface area contributed by atoms with Crippen LogP contribution in [0.25, 0.3) is 0 Å². The molecule has 0 spiro atoms. The minimum atomic E-state index is -0.274. The third kappa shape index (κ3) is 4.79. The summed E-state index contributed by atoms with van der Waals surface area (Å²) in [5, 5.41) is 2.87. The lowest BCUT2D eigenvalue weighted by molar-refractivity contribution is 0.102. The van der Waals surface area contributed by atoms with Crippen molar-refractivity contribution in [2.75, 3.05) is 5.32 Å². The topological polar surface area (TPSA) is 38.3 Å². The van der Waals surface area contributed by atoms with Gasteiger partial charge in [-0.15, -0.1) is 0 Å². The van der Waals surface area contributed by atoms with Crippen LogP contribution in [0.2, 0.25) is 0 Å². The number of benzene rings is 3. The van der Waals surface area contributed by atoms with E-state index in [0.717, 1.165) is 9.13 Å². The number of amides is 1. The van der Waals surface area contributed by atoms with Crippen LogP contribution in [0, 0.1) is 9.39 Å². The number of hydrogen-bond acceptors (Lipinski definition) is 2. The highest BCUT2D eigenvalue weighted by molar-refractivity contribution is 14.1. The van der Waals surface area contributed by atoms with E-state index in [4.69, 9.17) is 4.74 Å². The molecule has 0 saturated carbocycles. The average Bonchev–Trinajstić information content (AvgIpc) is 2.62. The van der Waals surface area contributed by atoms with Gasteiger partial charge < -0.3 is 10.1 Å². The Morgan fingerprint density at radius 3 is 2.52 bits per heavy atom.